The summed E-state index contributed by atoms with van der Waals surface area (Å²) < 4.78 is 5.08. The molecule has 3 N–H and O–H groups in total. The summed E-state index contributed by atoms with van der Waals surface area (Å²) in [5.74, 6) is 1.78. The van der Waals surface area contributed by atoms with Gasteiger partial charge >= 0.3 is 5.97 Å². The molecule has 0 amide bonds. The van der Waals surface area contributed by atoms with Crippen LogP contribution in [0.4, 0.5) is 23.3 Å². The molecule has 1 aromatic carbocycles. The Morgan fingerprint density at radius 3 is 2.63 bits per heavy atom. The standard InChI is InChI=1S/C19H22N6O2/c1-12(26)27-14-7-5-6-13(10-14)21-18-20-9-8-16(23-18)22-17-11-15(24-25-17)19(2,3)4/h5-11H,1-4H3,(H3,20,21,22,23,24,25). The molecule has 0 unspecified atom stereocenters. The van der Waals surface area contributed by atoms with Crippen LogP contribution in [0.15, 0.2) is 42.6 Å². The number of hydrogen-bond donors (Lipinski definition) is 3. The third-order valence-electron chi connectivity index (χ3n) is 3.65. The van der Waals surface area contributed by atoms with Gasteiger partial charge in [-0.05, 0) is 18.2 Å². The van der Waals surface area contributed by atoms with Crippen LogP contribution in [-0.4, -0.2) is 26.1 Å². The van der Waals surface area contributed by atoms with Gasteiger partial charge in [0.05, 0.1) is 0 Å². The van der Waals surface area contributed by atoms with Gasteiger partial charge in [-0.25, -0.2) is 4.98 Å². The summed E-state index contributed by atoms with van der Waals surface area (Å²) in [5, 5.41) is 13.5. The van der Waals surface area contributed by atoms with Crippen LogP contribution in [0, 0.1) is 0 Å². The number of carbonyl (C=O) groups is 1. The van der Waals surface area contributed by atoms with Crippen LogP contribution in [0.1, 0.15) is 33.4 Å². The van der Waals surface area contributed by atoms with E-state index in [0.717, 1.165) is 5.69 Å². The topological polar surface area (TPSA) is 105 Å². The van der Waals surface area contributed by atoms with E-state index in [-0.39, 0.29) is 11.4 Å². The van der Waals surface area contributed by atoms with Gasteiger partial charge < -0.3 is 15.4 Å². The zero-order valence-electron chi connectivity index (χ0n) is 15.7. The molecule has 0 aliphatic heterocycles. The van der Waals surface area contributed by atoms with E-state index in [4.69, 9.17) is 4.74 Å². The van der Waals surface area contributed by atoms with Crippen molar-refractivity contribution in [3.63, 3.8) is 0 Å². The first kappa shape index (κ1) is 18.4. The second kappa shape index (κ2) is 7.45. The highest BCUT2D eigenvalue weighted by Gasteiger charge is 2.16. The Labute approximate surface area is 157 Å². The number of rotatable bonds is 5. The van der Waals surface area contributed by atoms with Crippen LogP contribution in [0.25, 0.3) is 0 Å². The van der Waals surface area contributed by atoms with E-state index >= 15 is 0 Å². The SMILES string of the molecule is CC(=O)Oc1cccc(Nc2nccc(Nc3cc(C(C)(C)C)[nH]n3)n2)c1. The minimum absolute atomic E-state index is 0.0156. The van der Waals surface area contributed by atoms with Gasteiger partial charge in [0.15, 0.2) is 5.82 Å². The van der Waals surface area contributed by atoms with Crippen molar-refractivity contribution in [1.29, 1.82) is 0 Å². The lowest BCUT2D eigenvalue weighted by Crippen LogP contribution is -2.11. The van der Waals surface area contributed by atoms with Crippen LogP contribution in [0.2, 0.25) is 0 Å². The third kappa shape index (κ3) is 5.04. The summed E-state index contributed by atoms with van der Waals surface area (Å²) in [5.41, 5.74) is 1.72. The van der Waals surface area contributed by atoms with Crippen molar-refractivity contribution in [3.8, 4) is 5.75 Å². The predicted octanol–water partition coefficient (Wildman–Crippen LogP) is 3.91. The lowest BCUT2D eigenvalue weighted by molar-refractivity contribution is -0.131. The highest BCUT2D eigenvalue weighted by Crippen LogP contribution is 2.24. The molecule has 0 spiro atoms. The Kier molecular flexibility index (Phi) is 5.07. The van der Waals surface area contributed by atoms with Gasteiger partial charge in [0, 0.05) is 42.0 Å². The number of hydrogen-bond acceptors (Lipinski definition) is 7. The number of nitrogens with one attached hydrogen (secondary N) is 3. The van der Waals surface area contributed by atoms with E-state index in [9.17, 15) is 4.79 Å². The van der Waals surface area contributed by atoms with Gasteiger partial charge in [0.2, 0.25) is 5.95 Å². The van der Waals surface area contributed by atoms with Crippen molar-refractivity contribution in [2.24, 2.45) is 0 Å². The molecule has 140 valence electrons. The molecule has 0 fully saturated rings. The lowest BCUT2D eigenvalue weighted by atomic mass is 9.92. The zero-order valence-corrected chi connectivity index (χ0v) is 15.7. The summed E-state index contributed by atoms with van der Waals surface area (Å²) in [7, 11) is 0. The Balaban J connectivity index is 1.72. The van der Waals surface area contributed by atoms with Gasteiger partial charge in [-0.15, -0.1) is 0 Å². The molecule has 0 aliphatic rings. The largest absolute Gasteiger partial charge is 0.427 e. The summed E-state index contributed by atoms with van der Waals surface area (Å²) in [6.07, 6.45) is 1.64. The average Bonchev–Trinajstić information content (AvgIpc) is 3.04. The molecule has 2 aromatic heterocycles. The predicted molar refractivity (Wildman–Crippen MR) is 104 cm³/mol. The molecule has 3 aromatic rings. The molecule has 0 atom stereocenters. The molecule has 0 aliphatic carbocycles. The number of aromatic amines is 1. The minimum atomic E-state index is -0.372. The maximum atomic E-state index is 11.1. The van der Waals surface area contributed by atoms with Gasteiger partial charge in [-0.2, -0.15) is 10.1 Å². The van der Waals surface area contributed by atoms with E-state index in [2.05, 4.69) is 51.6 Å². The number of H-pyrrole nitrogens is 1. The second-order valence-electron chi connectivity index (χ2n) is 7.05. The van der Waals surface area contributed by atoms with Crippen molar-refractivity contribution in [2.75, 3.05) is 10.6 Å². The zero-order chi connectivity index (χ0) is 19.4. The van der Waals surface area contributed by atoms with Gasteiger partial charge in [-0.3, -0.25) is 9.89 Å². The minimum Gasteiger partial charge on any atom is -0.427 e. The monoisotopic (exact) mass is 366 g/mol. The highest BCUT2D eigenvalue weighted by molar-refractivity contribution is 5.70. The Morgan fingerprint density at radius 1 is 1.11 bits per heavy atom. The molecule has 8 nitrogen and oxygen atoms in total. The molecule has 8 heteroatoms. The van der Waals surface area contributed by atoms with Crippen LogP contribution in [0.3, 0.4) is 0 Å². The summed E-state index contributed by atoms with van der Waals surface area (Å²) >= 11 is 0. The van der Waals surface area contributed by atoms with Gasteiger partial charge in [-0.1, -0.05) is 26.8 Å². The van der Waals surface area contributed by atoms with E-state index in [1.165, 1.54) is 6.92 Å². The van der Waals surface area contributed by atoms with E-state index in [1.807, 2.05) is 12.1 Å². The lowest BCUT2D eigenvalue weighted by Gasteiger charge is -2.14. The number of carbonyl (C=O) groups excluding carboxylic acids is 1. The maximum Gasteiger partial charge on any atom is 0.308 e. The molecular formula is C19H22N6O2. The number of esters is 1. The van der Waals surface area contributed by atoms with Crippen LogP contribution in [0.5, 0.6) is 5.75 Å². The molecule has 0 bridgehead atoms. The van der Waals surface area contributed by atoms with Crippen molar-refractivity contribution >= 4 is 29.2 Å². The number of benzene rings is 1. The first-order valence-corrected chi connectivity index (χ1v) is 8.51. The Hall–Kier alpha value is -3.42. The van der Waals surface area contributed by atoms with Crippen molar-refractivity contribution in [1.82, 2.24) is 20.2 Å². The summed E-state index contributed by atoms with van der Waals surface area (Å²) in [4.78, 5) is 19.7. The molecule has 27 heavy (non-hydrogen) atoms. The molecule has 0 saturated heterocycles. The normalized spacial score (nSPS) is 11.1. The number of nitrogens with zero attached hydrogens (tertiary/aromatic N) is 3. The molecular weight excluding hydrogens is 344 g/mol. The van der Waals surface area contributed by atoms with Gasteiger partial charge in [0.1, 0.15) is 11.6 Å². The number of ether oxygens (including phenoxy) is 1. The molecule has 0 radical (unpaired) electrons. The number of anilines is 4. The smallest absolute Gasteiger partial charge is 0.308 e. The fourth-order valence-electron chi connectivity index (χ4n) is 2.32. The summed E-state index contributed by atoms with van der Waals surface area (Å²) in [6.45, 7) is 7.70. The molecule has 3 rings (SSSR count). The van der Waals surface area contributed by atoms with E-state index < -0.39 is 0 Å². The first-order valence-electron chi connectivity index (χ1n) is 8.51. The fourth-order valence-corrected chi connectivity index (χ4v) is 2.32. The second-order valence-corrected chi connectivity index (χ2v) is 7.05. The quantitative estimate of drug-likeness (QED) is 0.464. The molecule has 2 heterocycles. The summed E-state index contributed by atoms with van der Waals surface area (Å²) in [6, 6.07) is 10.7. The average molecular weight is 366 g/mol. The van der Waals surface area contributed by atoms with Gasteiger partial charge in [0.25, 0.3) is 0 Å². The third-order valence-corrected chi connectivity index (χ3v) is 3.65. The Morgan fingerprint density at radius 2 is 1.93 bits per heavy atom. The Bertz CT molecular complexity index is 945. The highest BCUT2D eigenvalue weighted by atomic mass is 16.5. The van der Waals surface area contributed by atoms with Crippen molar-refractivity contribution < 1.29 is 9.53 Å². The van der Waals surface area contributed by atoms with Crippen molar-refractivity contribution in [2.45, 2.75) is 33.1 Å². The van der Waals surface area contributed by atoms with Crippen LogP contribution >= 0.6 is 0 Å². The first-order chi connectivity index (χ1) is 12.8. The van der Waals surface area contributed by atoms with E-state index in [1.54, 1.807) is 30.5 Å². The maximum absolute atomic E-state index is 11.1. The van der Waals surface area contributed by atoms with Crippen LogP contribution in [-0.2, 0) is 10.2 Å². The fraction of sp³-hybridized carbons (Fsp3) is 0.263. The van der Waals surface area contributed by atoms with Crippen molar-refractivity contribution in [3.05, 3.63) is 48.3 Å². The van der Waals surface area contributed by atoms with Crippen LogP contribution < -0.4 is 15.4 Å². The number of aromatic nitrogens is 4. The van der Waals surface area contributed by atoms with E-state index in [0.29, 0.717) is 29.0 Å². The molecule has 0 saturated carbocycles.